The normalized spacial score (nSPS) is 13.0. The van der Waals surface area contributed by atoms with Crippen molar-refractivity contribution < 1.29 is 9.53 Å². The number of aryl methyl sites for hydroxylation is 2. The number of halogens is 1. The van der Waals surface area contributed by atoms with Crippen molar-refractivity contribution in [2.75, 3.05) is 0 Å². The topological polar surface area (TPSA) is 69.4 Å². The molecule has 3 heterocycles. The molecule has 0 spiro atoms. The van der Waals surface area contributed by atoms with Crippen LogP contribution in [0.25, 0.3) is 37.4 Å². The van der Waals surface area contributed by atoms with Gasteiger partial charge in [0, 0.05) is 27.9 Å². The Morgan fingerprint density at radius 2 is 1.81 bits per heavy atom. The van der Waals surface area contributed by atoms with Gasteiger partial charge in [-0.2, -0.15) is 0 Å². The lowest BCUT2D eigenvalue weighted by atomic mass is 9.90. The second-order valence-electron chi connectivity index (χ2n) is 10.00. The number of ketones is 1. The minimum absolute atomic E-state index is 0.0403. The Hall–Kier alpha value is -3.13. The zero-order valence-corrected chi connectivity index (χ0v) is 22.7. The van der Waals surface area contributed by atoms with Gasteiger partial charge in [-0.1, -0.05) is 28.9 Å². The van der Waals surface area contributed by atoms with Crippen LogP contribution in [0, 0.1) is 13.8 Å². The summed E-state index contributed by atoms with van der Waals surface area (Å²) in [7, 11) is 0. The number of fused-ring (bicyclic) bond motifs is 2. The number of benzene rings is 2. The van der Waals surface area contributed by atoms with E-state index in [1.165, 1.54) is 0 Å². The molecule has 6 nitrogen and oxygen atoms in total. The van der Waals surface area contributed by atoms with Crippen molar-refractivity contribution >= 4 is 44.5 Å². The highest BCUT2D eigenvalue weighted by Crippen LogP contribution is 2.44. The minimum atomic E-state index is -0.706. The van der Waals surface area contributed by atoms with E-state index in [1.54, 1.807) is 22.8 Å². The molecule has 0 saturated carbocycles. The van der Waals surface area contributed by atoms with Gasteiger partial charge in [0.1, 0.15) is 11.1 Å². The Labute approximate surface area is 218 Å². The molecule has 5 aromatic rings. The summed E-state index contributed by atoms with van der Waals surface area (Å²) < 4.78 is 9.10. The van der Waals surface area contributed by atoms with Gasteiger partial charge in [0.05, 0.1) is 27.0 Å². The standard InChI is InChI=1S/C28H27ClN4O2S/c1-15-13-21-26(36-27(30-21)19-11-12-33-22(14-19)16(2)31-32-33)24(18-7-9-20(29)10-8-18)23(15)25(17(3)34)35-28(4,5)6/h7-14,25H,1-6H3/t25-/m1/s1. The molecule has 0 fully saturated rings. The second-order valence-corrected chi connectivity index (χ2v) is 11.4. The molecule has 0 aliphatic rings. The first-order chi connectivity index (χ1) is 17.0. The molecule has 0 aliphatic heterocycles. The number of thiazole rings is 1. The summed E-state index contributed by atoms with van der Waals surface area (Å²) in [6, 6.07) is 13.8. The van der Waals surface area contributed by atoms with E-state index in [-0.39, 0.29) is 5.78 Å². The Bertz CT molecular complexity index is 1610. The average Bonchev–Trinajstić information content (AvgIpc) is 3.40. The van der Waals surface area contributed by atoms with Crippen LogP contribution in [0.2, 0.25) is 5.02 Å². The van der Waals surface area contributed by atoms with Gasteiger partial charge in [-0.25, -0.2) is 9.50 Å². The Kier molecular flexibility index (Phi) is 6.19. The SMILES string of the molecule is CC(=O)[C@@H](OC(C)(C)C)c1c(C)cc2nc(-c3ccn4nnc(C)c4c3)sc2c1-c1ccc(Cl)cc1. The number of hydrogen-bond acceptors (Lipinski definition) is 6. The maximum atomic E-state index is 12.9. The number of hydrogen-bond donors (Lipinski definition) is 0. The zero-order valence-electron chi connectivity index (χ0n) is 21.1. The predicted molar refractivity (Wildman–Crippen MR) is 146 cm³/mol. The van der Waals surface area contributed by atoms with Gasteiger partial charge in [-0.15, -0.1) is 16.4 Å². The summed E-state index contributed by atoms with van der Waals surface area (Å²) in [4.78, 5) is 17.9. The number of ether oxygens (including phenoxy) is 1. The number of pyridine rings is 1. The van der Waals surface area contributed by atoms with Gasteiger partial charge >= 0.3 is 0 Å². The summed E-state index contributed by atoms with van der Waals surface area (Å²) in [6.45, 7) is 11.4. The molecular weight excluding hydrogens is 492 g/mol. The van der Waals surface area contributed by atoms with Crippen molar-refractivity contribution in [2.24, 2.45) is 0 Å². The minimum Gasteiger partial charge on any atom is -0.360 e. The third-order valence-electron chi connectivity index (χ3n) is 6.01. The van der Waals surface area contributed by atoms with E-state index in [4.69, 9.17) is 21.3 Å². The van der Waals surface area contributed by atoms with Gasteiger partial charge in [0.25, 0.3) is 0 Å². The van der Waals surface area contributed by atoms with Crippen LogP contribution in [0.4, 0.5) is 0 Å². The molecular formula is C28H27ClN4O2S. The molecule has 0 N–H and O–H groups in total. The van der Waals surface area contributed by atoms with E-state index in [0.29, 0.717) is 5.02 Å². The molecule has 0 saturated heterocycles. The molecule has 2 aromatic carbocycles. The van der Waals surface area contributed by atoms with Crippen molar-refractivity contribution in [3.63, 3.8) is 0 Å². The van der Waals surface area contributed by atoms with Crippen LogP contribution < -0.4 is 0 Å². The fraction of sp³-hybridized carbons (Fsp3) is 0.286. The predicted octanol–water partition coefficient (Wildman–Crippen LogP) is 7.39. The van der Waals surface area contributed by atoms with Crippen molar-refractivity contribution in [3.8, 4) is 21.7 Å². The molecule has 0 radical (unpaired) electrons. The van der Waals surface area contributed by atoms with E-state index in [2.05, 4.69) is 22.4 Å². The fourth-order valence-corrected chi connectivity index (χ4v) is 5.66. The van der Waals surface area contributed by atoms with Gasteiger partial charge in [-0.3, -0.25) is 4.79 Å². The van der Waals surface area contributed by atoms with Gasteiger partial charge < -0.3 is 4.74 Å². The smallest absolute Gasteiger partial charge is 0.163 e. The van der Waals surface area contributed by atoms with Gasteiger partial charge in [-0.05, 0) is 83.0 Å². The number of carbonyl (C=O) groups excluding carboxylic acids is 1. The van der Waals surface area contributed by atoms with Gasteiger partial charge in [0.15, 0.2) is 5.78 Å². The number of aromatic nitrogens is 4. The Balaban J connectivity index is 1.79. The first kappa shape index (κ1) is 24.6. The molecule has 0 amide bonds. The van der Waals surface area contributed by atoms with Crippen molar-refractivity contribution in [2.45, 2.75) is 53.2 Å². The molecule has 5 rings (SSSR count). The molecule has 8 heteroatoms. The second kappa shape index (κ2) is 9.07. The molecule has 184 valence electrons. The largest absolute Gasteiger partial charge is 0.360 e. The molecule has 3 aromatic heterocycles. The Morgan fingerprint density at radius 3 is 2.47 bits per heavy atom. The average molecular weight is 519 g/mol. The summed E-state index contributed by atoms with van der Waals surface area (Å²) in [6.07, 6.45) is 1.19. The lowest BCUT2D eigenvalue weighted by Gasteiger charge is -2.29. The highest BCUT2D eigenvalue weighted by molar-refractivity contribution is 7.22. The molecule has 0 bridgehead atoms. The van der Waals surface area contributed by atoms with Crippen LogP contribution in [-0.4, -0.2) is 31.2 Å². The summed E-state index contributed by atoms with van der Waals surface area (Å²) >= 11 is 7.83. The molecule has 1 atom stereocenters. The number of rotatable bonds is 5. The van der Waals surface area contributed by atoms with Crippen LogP contribution in [0.3, 0.4) is 0 Å². The van der Waals surface area contributed by atoms with Crippen molar-refractivity contribution in [1.82, 2.24) is 19.8 Å². The quantitative estimate of drug-likeness (QED) is 0.242. The molecule has 36 heavy (non-hydrogen) atoms. The highest BCUT2D eigenvalue weighted by atomic mass is 35.5. The van der Waals surface area contributed by atoms with Crippen LogP contribution in [-0.2, 0) is 9.53 Å². The van der Waals surface area contributed by atoms with Gasteiger partial charge in [0.2, 0.25) is 0 Å². The number of carbonyl (C=O) groups is 1. The monoisotopic (exact) mass is 518 g/mol. The summed E-state index contributed by atoms with van der Waals surface area (Å²) in [5.41, 5.74) is 6.92. The zero-order chi connectivity index (χ0) is 25.8. The van der Waals surface area contributed by atoms with E-state index in [1.807, 2.05) is 71.1 Å². The summed E-state index contributed by atoms with van der Waals surface area (Å²) in [5, 5.41) is 9.84. The van der Waals surface area contributed by atoms with E-state index in [0.717, 1.165) is 54.3 Å². The maximum absolute atomic E-state index is 12.9. The third-order valence-corrected chi connectivity index (χ3v) is 7.40. The van der Waals surface area contributed by atoms with Crippen LogP contribution in [0.15, 0.2) is 48.7 Å². The van der Waals surface area contributed by atoms with E-state index >= 15 is 0 Å². The Morgan fingerprint density at radius 1 is 1.08 bits per heavy atom. The van der Waals surface area contributed by atoms with Crippen molar-refractivity contribution in [1.29, 1.82) is 0 Å². The van der Waals surface area contributed by atoms with Crippen LogP contribution in [0.5, 0.6) is 0 Å². The lowest BCUT2D eigenvalue weighted by molar-refractivity contribution is -0.138. The summed E-state index contributed by atoms with van der Waals surface area (Å²) in [5.74, 6) is -0.0403. The fourth-order valence-electron chi connectivity index (χ4n) is 4.41. The van der Waals surface area contributed by atoms with Crippen LogP contribution >= 0.6 is 22.9 Å². The number of Topliss-reactive ketones (excluding diaryl/α,β-unsaturated/α-hetero) is 1. The lowest BCUT2D eigenvalue weighted by Crippen LogP contribution is -2.27. The van der Waals surface area contributed by atoms with Crippen LogP contribution in [0.1, 0.15) is 50.6 Å². The first-order valence-electron chi connectivity index (χ1n) is 11.7. The van der Waals surface area contributed by atoms with E-state index < -0.39 is 11.7 Å². The molecule has 0 aliphatic carbocycles. The number of nitrogens with zero attached hydrogens (tertiary/aromatic N) is 4. The maximum Gasteiger partial charge on any atom is 0.163 e. The highest BCUT2D eigenvalue weighted by Gasteiger charge is 2.30. The van der Waals surface area contributed by atoms with Crippen molar-refractivity contribution in [3.05, 3.63) is 70.5 Å². The third kappa shape index (κ3) is 4.54. The first-order valence-corrected chi connectivity index (χ1v) is 12.9. The molecule has 0 unspecified atom stereocenters. The van der Waals surface area contributed by atoms with E-state index in [9.17, 15) is 4.79 Å².